The van der Waals surface area contributed by atoms with Crippen LogP contribution in [0.2, 0.25) is 0 Å². The van der Waals surface area contributed by atoms with Gasteiger partial charge in [0.1, 0.15) is 0 Å². The van der Waals surface area contributed by atoms with Gasteiger partial charge in [0.2, 0.25) is 0 Å². The molecule has 4 heteroatoms. The molecule has 0 aliphatic carbocycles. The fourth-order valence-electron chi connectivity index (χ4n) is 1.98. The van der Waals surface area contributed by atoms with Crippen molar-refractivity contribution in [2.45, 2.75) is 6.92 Å². The van der Waals surface area contributed by atoms with Crippen molar-refractivity contribution in [1.82, 2.24) is 5.32 Å². The fourth-order valence-corrected chi connectivity index (χ4v) is 1.98. The van der Waals surface area contributed by atoms with Crippen molar-refractivity contribution >= 4 is 5.78 Å². The van der Waals surface area contributed by atoms with Gasteiger partial charge in [-0.15, -0.1) is 0 Å². The number of hydrogen-bond donors (Lipinski definition) is 1. The molecular formula is C13H16FNO2. The molecule has 2 rings (SSSR count). The fraction of sp³-hybridized carbons (Fsp3) is 0.462. The van der Waals surface area contributed by atoms with Crippen molar-refractivity contribution in [2.75, 3.05) is 20.2 Å². The number of carbonyl (C=O) groups excluding carboxylic acids is 1. The summed E-state index contributed by atoms with van der Waals surface area (Å²) < 4.78 is 18.8. The molecule has 0 spiro atoms. The predicted molar refractivity (Wildman–Crippen MR) is 62.8 cm³/mol. The van der Waals surface area contributed by atoms with E-state index < -0.39 is 5.82 Å². The van der Waals surface area contributed by atoms with E-state index in [0.717, 1.165) is 13.1 Å². The van der Waals surface area contributed by atoms with Crippen LogP contribution in [0.5, 0.6) is 5.75 Å². The van der Waals surface area contributed by atoms with Crippen LogP contribution >= 0.6 is 0 Å². The number of carbonyl (C=O) groups is 1. The van der Waals surface area contributed by atoms with Crippen molar-refractivity contribution in [3.8, 4) is 5.75 Å². The van der Waals surface area contributed by atoms with Crippen LogP contribution in [0.3, 0.4) is 0 Å². The highest BCUT2D eigenvalue weighted by atomic mass is 19.1. The summed E-state index contributed by atoms with van der Waals surface area (Å²) >= 11 is 0. The van der Waals surface area contributed by atoms with Crippen molar-refractivity contribution in [2.24, 2.45) is 11.8 Å². The zero-order valence-corrected chi connectivity index (χ0v) is 10.00. The molecule has 1 aliphatic heterocycles. The molecule has 1 saturated heterocycles. The highest BCUT2D eigenvalue weighted by Gasteiger charge is 2.31. The Labute approximate surface area is 100.0 Å². The van der Waals surface area contributed by atoms with Crippen LogP contribution in [0, 0.1) is 17.7 Å². The first-order valence-electron chi connectivity index (χ1n) is 5.72. The summed E-state index contributed by atoms with van der Waals surface area (Å²) in [6.45, 7) is 3.52. The molecule has 1 heterocycles. The maximum absolute atomic E-state index is 13.9. The third-order valence-electron chi connectivity index (χ3n) is 3.38. The Bertz CT molecular complexity index is 429. The lowest BCUT2D eigenvalue weighted by molar-refractivity contribution is 0.0849. The van der Waals surface area contributed by atoms with E-state index in [1.54, 1.807) is 6.07 Å². The van der Waals surface area contributed by atoms with Gasteiger partial charge in [-0.05, 0) is 31.1 Å². The SMILES string of the molecule is COc1cccc(C(=O)C(C)C2CNC2)c1F. The van der Waals surface area contributed by atoms with E-state index in [1.165, 1.54) is 19.2 Å². The Morgan fingerprint density at radius 2 is 2.24 bits per heavy atom. The molecule has 0 aromatic heterocycles. The molecule has 92 valence electrons. The summed E-state index contributed by atoms with van der Waals surface area (Å²) in [6, 6.07) is 4.67. The minimum Gasteiger partial charge on any atom is -0.494 e. The largest absolute Gasteiger partial charge is 0.494 e. The average Bonchev–Trinajstić information content (AvgIpc) is 2.26. The second kappa shape index (κ2) is 4.84. The van der Waals surface area contributed by atoms with Gasteiger partial charge in [-0.25, -0.2) is 4.39 Å². The number of ketones is 1. The molecular weight excluding hydrogens is 221 g/mol. The number of Topliss-reactive ketones (excluding diaryl/α,β-unsaturated/α-hetero) is 1. The monoisotopic (exact) mass is 237 g/mol. The van der Waals surface area contributed by atoms with Gasteiger partial charge in [-0.1, -0.05) is 13.0 Å². The van der Waals surface area contributed by atoms with Gasteiger partial charge in [-0.2, -0.15) is 0 Å². The molecule has 1 atom stereocenters. The second-order valence-corrected chi connectivity index (χ2v) is 4.39. The quantitative estimate of drug-likeness (QED) is 0.812. The van der Waals surface area contributed by atoms with Crippen LogP contribution in [0.4, 0.5) is 4.39 Å². The maximum atomic E-state index is 13.9. The van der Waals surface area contributed by atoms with Crippen LogP contribution in [-0.4, -0.2) is 26.0 Å². The Kier molecular flexibility index (Phi) is 3.43. The van der Waals surface area contributed by atoms with Crippen LogP contribution < -0.4 is 10.1 Å². The molecule has 1 fully saturated rings. The molecule has 3 nitrogen and oxygen atoms in total. The minimum atomic E-state index is -0.556. The lowest BCUT2D eigenvalue weighted by Gasteiger charge is -2.31. The van der Waals surface area contributed by atoms with Crippen molar-refractivity contribution in [1.29, 1.82) is 0 Å². The third-order valence-corrected chi connectivity index (χ3v) is 3.38. The van der Waals surface area contributed by atoms with E-state index >= 15 is 0 Å². The molecule has 1 aromatic carbocycles. The van der Waals surface area contributed by atoms with Gasteiger partial charge in [0.25, 0.3) is 0 Å². The first-order chi connectivity index (χ1) is 8.15. The number of benzene rings is 1. The van der Waals surface area contributed by atoms with Crippen molar-refractivity contribution < 1.29 is 13.9 Å². The standard InChI is InChI=1S/C13H16FNO2/c1-8(9-6-15-7-9)13(16)10-4-3-5-11(17-2)12(10)14/h3-5,8-9,15H,6-7H2,1-2H3. The Morgan fingerprint density at radius 3 is 2.76 bits per heavy atom. The molecule has 0 bridgehead atoms. The molecule has 1 aromatic rings. The number of ether oxygens (including phenoxy) is 1. The van der Waals surface area contributed by atoms with E-state index in [2.05, 4.69) is 5.32 Å². The summed E-state index contributed by atoms with van der Waals surface area (Å²) in [7, 11) is 1.39. The van der Waals surface area contributed by atoms with Crippen LogP contribution in [0.15, 0.2) is 18.2 Å². The lowest BCUT2D eigenvalue weighted by atomic mass is 9.83. The van der Waals surface area contributed by atoms with Gasteiger partial charge in [0.15, 0.2) is 17.3 Å². The summed E-state index contributed by atoms with van der Waals surface area (Å²) in [5.74, 6) is -0.423. The van der Waals surface area contributed by atoms with Gasteiger partial charge in [-0.3, -0.25) is 4.79 Å². The summed E-state index contributed by atoms with van der Waals surface area (Å²) in [4.78, 5) is 12.1. The average molecular weight is 237 g/mol. The smallest absolute Gasteiger partial charge is 0.175 e. The number of methoxy groups -OCH3 is 1. The molecule has 1 unspecified atom stereocenters. The van der Waals surface area contributed by atoms with E-state index in [4.69, 9.17) is 4.74 Å². The number of halogens is 1. The van der Waals surface area contributed by atoms with Crippen molar-refractivity contribution in [3.05, 3.63) is 29.6 Å². The predicted octanol–water partition coefficient (Wildman–Crippen LogP) is 1.87. The molecule has 17 heavy (non-hydrogen) atoms. The molecule has 1 N–H and O–H groups in total. The summed E-state index contributed by atoms with van der Waals surface area (Å²) in [5, 5.41) is 3.11. The minimum absolute atomic E-state index is 0.120. The number of rotatable bonds is 4. The number of nitrogens with one attached hydrogen (secondary N) is 1. The Hall–Kier alpha value is -1.42. The Balaban J connectivity index is 2.23. The first-order valence-corrected chi connectivity index (χ1v) is 5.72. The normalized spacial score (nSPS) is 17.4. The lowest BCUT2D eigenvalue weighted by Crippen LogP contribution is -2.47. The Morgan fingerprint density at radius 1 is 1.53 bits per heavy atom. The summed E-state index contributed by atoms with van der Waals surface area (Å²) in [5.41, 5.74) is 0.128. The van der Waals surface area contributed by atoms with Gasteiger partial charge in [0.05, 0.1) is 12.7 Å². The van der Waals surface area contributed by atoms with Crippen molar-refractivity contribution in [3.63, 3.8) is 0 Å². The van der Waals surface area contributed by atoms with E-state index in [-0.39, 0.29) is 23.0 Å². The second-order valence-electron chi connectivity index (χ2n) is 4.39. The third kappa shape index (κ3) is 2.17. The highest BCUT2D eigenvalue weighted by molar-refractivity contribution is 5.98. The van der Waals surface area contributed by atoms with Gasteiger partial charge in [0, 0.05) is 5.92 Å². The molecule has 1 aliphatic rings. The topological polar surface area (TPSA) is 38.3 Å². The highest BCUT2D eigenvalue weighted by Crippen LogP contribution is 2.26. The zero-order chi connectivity index (χ0) is 12.4. The van der Waals surface area contributed by atoms with Crippen LogP contribution in [0.25, 0.3) is 0 Å². The van der Waals surface area contributed by atoms with E-state index in [9.17, 15) is 9.18 Å². The first kappa shape index (κ1) is 12.0. The number of hydrogen-bond acceptors (Lipinski definition) is 3. The van der Waals surface area contributed by atoms with E-state index in [1.807, 2.05) is 6.92 Å². The van der Waals surface area contributed by atoms with E-state index in [0.29, 0.717) is 5.92 Å². The summed E-state index contributed by atoms with van der Waals surface area (Å²) in [6.07, 6.45) is 0. The van der Waals surface area contributed by atoms with Crippen LogP contribution in [-0.2, 0) is 0 Å². The van der Waals surface area contributed by atoms with Gasteiger partial charge >= 0.3 is 0 Å². The van der Waals surface area contributed by atoms with Gasteiger partial charge < -0.3 is 10.1 Å². The molecule has 0 amide bonds. The van der Waals surface area contributed by atoms with Crippen LogP contribution in [0.1, 0.15) is 17.3 Å². The molecule has 0 radical (unpaired) electrons. The molecule has 0 saturated carbocycles. The maximum Gasteiger partial charge on any atom is 0.175 e. The zero-order valence-electron chi connectivity index (χ0n) is 10.00.